The van der Waals surface area contributed by atoms with Gasteiger partial charge in [0.15, 0.2) is 13.8 Å². The molecule has 3 aliphatic rings. The summed E-state index contributed by atoms with van der Waals surface area (Å²) in [6.45, 7) is 5.27. The molecule has 2 aliphatic carbocycles. The Kier molecular flexibility index (Phi) is 1.07. The number of nitrogens with zero attached hydrogens (tertiary/aromatic N) is 2. The van der Waals surface area contributed by atoms with Crippen molar-refractivity contribution in [2.45, 2.75) is 31.7 Å². The molecule has 0 aromatic carbocycles. The highest BCUT2D eigenvalue weighted by Crippen LogP contribution is 2.65. The van der Waals surface area contributed by atoms with Crippen LogP contribution in [-0.4, -0.2) is 36.0 Å². The zero-order valence-electron chi connectivity index (χ0n) is 7.79. The van der Waals surface area contributed by atoms with Gasteiger partial charge in [-0.25, -0.2) is 0 Å². The Morgan fingerprint density at radius 3 is 2.50 bits per heavy atom. The molecule has 1 heterocycles. The average Bonchev–Trinajstić information content (AvgIpc) is 2.03. The summed E-state index contributed by atoms with van der Waals surface area (Å²) in [7, 11) is 2.08. The fraction of sp³-hybridized carbons (Fsp3) is 0.900. The molecule has 66 valence electrons. The lowest BCUT2D eigenvalue weighted by molar-refractivity contribution is -0.669. The van der Waals surface area contributed by atoms with Crippen molar-refractivity contribution in [2.75, 3.05) is 13.6 Å². The first-order chi connectivity index (χ1) is 5.74. The van der Waals surface area contributed by atoms with Gasteiger partial charge >= 0.3 is 0 Å². The van der Waals surface area contributed by atoms with E-state index in [1.165, 1.54) is 32.2 Å². The van der Waals surface area contributed by atoms with Gasteiger partial charge in [0.2, 0.25) is 0 Å². The van der Waals surface area contributed by atoms with Gasteiger partial charge in [-0.05, 0) is 31.6 Å². The van der Waals surface area contributed by atoms with Crippen LogP contribution in [0.25, 0.3) is 0 Å². The monoisotopic (exact) mass is 165 g/mol. The summed E-state index contributed by atoms with van der Waals surface area (Å²) in [5.41, 5.74) is 0.770. The van der Waals surface area contributed by atoms with E-state index in [4.69, 9.17) is 0 Å². The van der Waals surface area contributed by atoms with Gasteiger partial charge in [-0.1, -0.05) is 0 Å². The molecule has 0 bridgehead atoms. The van der Waals surface area contributed by atoms with E-state index in [-0.39, 0.29) is 0 Å². The molecule has 0 aromatic heterocycles. The van der Waals surface area contributed by atoms with Crippen molar-refractivity contribution >= 4 is 6.72 Å². The van der Waals surface area contributed by atoms with E-state index in [1.807, 2.05) is 0 Å². The van der Waals surface area contributed by atoms with Crippen LogP contribution in [0.5, 0.6) is 0 Å². The maximum Gasteiger partial charge on any atom is 0.161 e. The predicted molar refractivity (Wildman–Crippen MR) is 48.2 cm³/mol. The fourth-order valence-corrected chi connectivity index (χ4v) is 3.58. The van der Waals surface area contributed by atoms with E-state index in [0.29, 0.717) is 0 Å². The van der Waals surface area contributed by atoms with Crippen LogP contribution >= 0.6 is 0 Å². The molecule has 0 radical (unpaired) electrons. The van der Waals surface area contributed by atoms with Gasteiger partial charge in [0.05, 0.1) is 12.6 Å². The predicted octanol–water partition coefficient (Wildman–Crippen LogP) is 1.12. The Hall–Kier alpha value is -0.530. The topological polar surface area (TPSA) is 6.25 Å². The Balaban J connectivity index is 1.89. The minimum atomic E-state index is 0.770. The highest BCUT2D eigenvalue weighted by Gasteiger charge is 2.66. The molecule has 12 heavy (non-hydrogen) atoms. The van der Waals surface area contributed by atoms with E-state index < -0.39 is 0 Å². The van der Waals surface area contributed by atoms with Crippen LogP contribution in [0.1, 0.15) is 25.7 Å². The van der Waals surface area contributed by atoms with Crippen LogP contribution < -0.4 is 0 Å². The van der Waals surface area contributed by atoms with Crippen LogP contribution in [0, 0.1) is 11.3 Å². The molecule has 2 nitrogen and oxygen atoms in total. The van der Waals surface area contributed by atoms with Crippen LogP contribution in [0.3, 0.4) is 0 Å². The standard InChI is InChI=1S/C10H17N2/c1-11(2)12-7-8-3-5-10(8)6-4-9(10)12/h8-9H,1,3-7H2,2H3/q+1. The Morgan fingerprint density at radius 1 is 1.42 bits per heavy atom. The molecule has 3 atom stereocenters. The maximum absolute atomic E-state index is 3.99. The van der Waals surface area contributed by atoms with Crippen LogP contribution in [-0.2, 0) is 0 Å². The minimum absolute atomic E-state index is 0.770. The fourth-order valence-electron chi connectivity index (χ4n) is 3.58. The molecule has 2 heteroatoms. The third kappa shape index (κ3) is 0.540. The quantitative estimate of drug-likeness (QED) is 0.417. The normalized spacial score (nSPS) is 48.9. The summed E-state index contributed by atoms with van der Waals surface area (Å²) < 4.78 is 2.06. The zero-order valence-corrected chi connectivity index (χ0v) is 7.79. The molecule has 3 unspecified atom stereocenters. The van der Waals surface area contributed by atoms with Crippen molar-refractivity contribution in [3.8, 4) is 0 Å². The Labute approximate surface area is 73.8 Å². The van der Waals surface area contributed by atoms with Crippen molar-refractivity contribution in [3.05, 3.63) is 0 Å². The number of hydrogen-bond acceptors (Lipinski definition) is 1. The molecular weight excluding hydrogens is 148 g/mol. The van der Waals surface area contributed by atoms with E-state index in [0.717, 1.165) is 17.4 Å². The molecule has 2 saturated carbocycles. The summed E-state index contributed by atoms with van der Waals surface area (Å²) in [5.74, 6) is 1.01. The highest BCUT2D eigenvalue weighted by molar-refractivity contribution is 5.17. The molecule has 1 aliphatic heterocycles. The summed E-state index contributed by atoms with van der Waals surface area (Å²) in [4.78, 5) is 0. The van der Waals surface area contributed by atoms with Gasteiger partial charge in [-0.3, -0.25) is 0 Å². The number of hydrazine groups is 1. The molecule has 1 saturated heterocycles. The van der Waals surface area contributed by atoms with E-state index in [2.05, 4.69) is 23.5 Å². The molecule has 0 amide bonds. The van der Waals surface area contributed by atoms with Gasteiger partial charge in [0.1, 0.15) is 0 Å². The van der Waals surface area contributed by atoms with Crippen LogP contribution in [0.15, 0.2) is 0 Å². The van der Waals surface area contributed by atoms with Crippen LogP contribution in [0.4, 0.5) is 0 Å². The molecule has 1 spiro atoms. The first kappa shape index (κ1) is 6.93. The number of hydrazone groups is 1. The first-order valence-corrected chi connectivity index (χ1v) is 5.05. The molecule has 3 fully saturated rings. The lowest BCUT2D eigenvalue weighted by Crippen LogP contribution is -2.55. The van der Waals surface area contributed by atoms with Gasteiger partial charge < -0.3 is 0 Å². The number of hydrogen-bond donors (Lipinski definition) is 0. The van der Waals surface area contributed by atoms with Gasteiger partial charge in [-0.15, -0.1) is 4.68 Å². The lowest BCUT2D eigenvalue weighted by atomic mass is 9.50. The number of rotatable bonds is 1. The van der Waals surface area contributed by atoms with Gasteiger partial charge in [0.25, 0.3) is 0 Å². The molecule has 3 rings (SSSR count). The smallest absolute Gasteiger partial charge is 0.161 e. The maximum atomic E-state index is 3.99. The van der Waals surface area contributed by atoms with Gasteiger partial charge in [-0.2, -0.15) is 5.01 Å². The Morgan fingerprint density at radius 2 is 2.17 bits per heavy atom. The molecule has 0 aromatic rings. The summed E-state index contributed by atoms with van der Waals surface area (Å²) in [6.07, 6.45) is 5.87. The highest BCUT2D eigenvalue weighted by atomic mass is 15.6. The van der Waals surface area contributed by atoms with Crippen molar-refractivity contribution < 1.29 is 4.68 Å². The molecule has 0 N–H and O–H groups in total. The largest absolute Gasteiger partial charge is 0.183 e. The SMILES string of the molecule is C=[N+](C)N1CC2CCC23CCC13. The van der Waals surface area contributed by atoms with E-state index in [1.54, 1.807) is 0 Å². The Bertz CT molecular complexity index is 244. The average molecular weight is 165 g/mol. The second kappa shape index (κ2) is 1.86. The molecular formula is C10H17N2+. The first-order valence-electron chi connectivity index (χ1n) is 5.05. The summed E-state index contributed by atoms with van der Waals surface area (Å²) in [5, 5.41) is 2.49. The zero-order chi connectivity index (χ0) is 8.34. The van der Waals surface area contributed by atoms with E-state index in [9.17, 15) is 0 Å². The minimum Gasteiger partial charge on any atom is -0.183 e. The lowest BCUT2D eigenvalue weighted by Gasteiger charge is -2.54. The van der Waals surface area contributed by atoms with E-state index >= 15 is 0 Å². The second-order valence-electron chi connectivity index (χ2n) is 4.80. The van der Waals surface area contributed by atoms with Crippen molar-refractivity contribution in [1.82, 2.24) is 5.01 Å². The van der Waals surface area contributed by atoms with Crippen molar-refractivity contribution in [2.24, 2.45) is 11.3 Å². The second-order valence-corrected chi connectivity index (χ2v) is 4.80. The van der Waals surface area contributed by atoms with Crippen LogP contribution in [0.2, 0.25) is 0 Å². The third-order valence-corrected chi connectivity index (χ3v) is 4.52. The van der Waals surface area contributed by atoms with Gasteiger partial charge in [0, 0.05) is 5.41 Å². The summed E-state index contributed by atoms with van der Waals surface area (Å²) in [6, 6.07) is 0.860. The summed E-state index contributed by atoms with van der Waals surface area (Å²) >= 11 is 0. The third-order valence-electron chi connectivity index (χ3n) is 4.52. The van der Waals surface area contributed by atoms with Crippen molar-refractivity contribution in [3.63, 3.8) is 0 Å². The van der Waals surface area contributed by atoms with Crippen molar-refractivity contribution in [1.29, 1.82) is 0 Å².